The molecule has 1 aliphatic heterocycles. The van der Waals surface area contributed by atoms with E-state index in [1.54, 1.807) is 54.6 Å². The van der Waals surface area contributed by atoms with E-state index in [1.807, 2.05) is 0 Å². The van der Waals surface area contributed by atoms with Crippen LogP contribution in [0.15, 0.2) is 65.7 Å². The van der Waals surface area contributed by atoms with Gasteiger partial charge in [-0.15, -0.1) is 5.10 Å². The first kappa shape index (κ1) is 27.7. The molecular formula is C27H26ClN9O4. The highest BCUT2D eigenvalue weighted by Crippen LogP contribution is 2.26. The van der Waals surface area contributed by atoms with E-state index < -0.39 is 12.1 Å². The summed E-state index contributed by atoms with van der Waals surface area (Å²) in [7, 11) is 1.28. The molecule has 1 atom stereocenters. The zero-order valence-electron chi connectivity index (χ0n) is 21.9. The highest BCUT2D eigenvalue weighted by Gasteiger charge is 2.25. The summed E-state index contributed by atoms with van der Waals surface area (Å²) in [6.07, 6.45) is 4.52. The minimum Gasteiger partial charge on any atom is -0.453 e. The minimum absolute atomic E-state index is 0.337. The second-order valence-electron chi connectivity index (χ2n) is 9.34. The highest BCUT2D eigenvalue weighted by atomic mass is 35.5. The number of H-pyrrole nitrogens is 1. The monoisotopic (exact) mass is 575 g/mol. The molecule has 3 heterocycles. The third-order valence-electron chi connectivity index (χ3n) is 6.56. The van der Waals surface area contributed by atoms with Crippen LogP contribution in [0.25, 0.3) is 22.9 Å². The highest BCUT2D eigenvalue weighted by molar-refractivity contribution is 6.30. The molecular weight excluding hydrogens is 550 g/mol. The van der Waals surface area contributed by atoms with Crippen molar-refractivity contribution in [1.29, 1.82) is 0 Å². The lowest BCUT2D eigenvalue weighted by atomic mass is 9.92. The van der Waals surface area contributed by atoms with Gasteiger partial charge < -0.3 is 15.4 Å². The summed E-state index contributed by atoms with van der Waals surface area (Å²) >= 11 is 6.19. The van der Waals surface area contributed by atoms with E-state index in [9.17, 15) is 14.4 Å². The Hall–Kier alpha value is -4.88. The molecule has 4 N–H and O–H groups in total. The maximum absolute atomic E-state index is 13.1. The maximum Gasteiger partial charge on any atom is 0.411 e. The normalized spacial score (nSPS) is 13.9. The van der Waals surface area contributed by atoms with Gasteiger partial charge in [0.2, 0.25) is 5.91 Å². The fraction of sp³-hybridized carbons (Fsp3) is 0.222. The Balaban J connectivity index is 1.38. The molecule has 13 nitrogen and oxygen atoms in total. The summed E-state index contributed by atoms with van der Waals surface area (Å²) in [4.78, 5) is 37.3. The van der Waals surface area contributed by atoms with Crippen molar-refractivity contribution in [2.75, 3.05) is 25.5 Å². The molecule has 0 bridgehead atoms. The van der Waals surface area contributed by atoms with Gasteiger partial charge >= 0.3 is 6.09 Å². The van der Waals surface area contributed by atoms with Gasteiger partial charge in [0.15, 0.2) is 0 Å². The fourth-order valence-corrected chi connectivity index (χ4v) is 4.52. The number of carbonyl (C=O) groups excluding carboxylic acids is 2. The predicted molar refractivity (Wildman–Crippen MR) is 151 cm³/mol. The molecule has 2 amide bonds. The van der Waals surface area contributed by atoms with Crippen LogP contribution in [0.4, 0.5) is 10.5 Å². The number of anilines is 1. The van der Waals surface area contributed by atoms with Crippen LogP contribution in [-0.2, 0) is 9.53 Å². The molecule has 0 radical (unpaired) electrons. The van der Waals surface area contributed by atoms with E-state index in [-0.39, 0.29) is 11.5 Å². The Morgan fingerprint density at radius 1 is 1.20 bits per heavy atom. The summed E-state index contributed by atoms with van der Waals surface area (Å²) in [6, 6.07) is 13.1. The minimum atomic E-state index is -0.595. The van der Waals surface area contributed by atoms with Crippen molar-refractivity contribution in [3.63, 3.8) is 0 Å². The van der Waals surface area contributed by atoms with Crippen LogP contribution in [0.2, 0.25) is 5.02 Å². The van der Waals surface area contributed by atoms with Crippen LogP contribution in [-0.4, -0.2) is 62.6 Å². The lowest BCUT2D eigenvalue weighted by Crippen LogP contribution is -2.44. The number of nitrogens with one attached hydrogen (secondary N) is 4. The molecule has 41 heavy (non-hydrogen) atoms. The second-order valence-corrected chi connectivity index (χ2v) is 9.78. The van der Waals surface area contributed by atoms with Gasteiger partial charge in [0, 0.05) is 22.3 Å². The number of hydrogen-bond donors (Lipinski definition) is 4. The van der Waals surface area contributed by atoms with E-state index >= 15 is 0 Å². The van der Waals surface area contributed by atoms with Crippen molar-refractivity contribution < 1.29 is 14.3 Å². The van der Waals surface area contributed by atoms with Gasteiger partial charge in [-0.3, -0.25) is 14.9 Å². The summed E-state index contributed by atoms with van der Waals surface area (Å²) in [6.45, 7) is 1.65. The number of nitrogens with zero attached hydrogens (tertiary/aromatic N) is 5. The summed E-state index contributed by atoms with van der Waals surface area (Å²) in [5, 5.41) is 27.4. The van der Waals surface area contributed by atoms with Gasteiger partial charge in [-0.05, 0) is 83.9 Å². The number of tetrazole rings is 1. The number of carbonyl (C=O) groups is 2. The molecule has 2 aromatic carbocycles. The third-order valence-corrected chi connectivity index (χ3v) is 6.79. The Morgan fingerprint density at radius 2 is 2.00 bits per heavy atom. The average molecular weight is 576 g/mol. The molecule has 0 aliphatic carbocycles. The van der Waals surface area contributed by atoms with E-state index in [1.165, 1.54) is 24.2 Å². The molecule has 0 spiro atoms. The second kappa shape index (κ2) is 12.5. The van der Waals surface area contributed by atoms with Crippen molar-refractivity contribution in [1.82, 2.24) is 41.0 Å². The molecule has 5 rings (SSSR count). The summed E-state index contributed by atoms with van der Waals surface area (Å²) in [5.74, 6) is -0.0119. The zero-order valence-corrected chi connectivity index (χ0v) is 22.6. The van der Waals surface area contributed by atoms with Crippen LogP contribution in [0, 0.1) is 5.92 Å². The number of methoxy groups -OCH3 is 1. The van der Waals surface area contributed by atoms with Crippen LogP contribution in [0.1, 0.15) is 23.7 Å². The molecule has 1 saturated heterocycles. The Morgan fingerprint density at radius 3 is 2.68 bits per heavy atom. The van der Waals surface area contributed by atoms with Crippen molar-refractivity contribution in [2.24, 2.45) is 5.92 Å². The van der Waals surface area contributed by atoms with E-state index in [4.69, 9.17) is 11.6 Å². The topological polar surface area (TPSA) is 169 Å². The Labute approximate surface area is 238 Å². The van der Waals surface area contributed by atoms with Gasteiger partial charge in [0.05, 0.1) is 30.1 Å². The molecule has 1 fully saturated rings. The van der Waals surface area contributed by atoms with Gasteiger partial charge in [-0.1, -0.05) is 23.7 Å². The molecule has 1 aliphatic rings. The van der Waals surface area contributed by atoms with E-state index in [0.29, 0.717) is 51.1 Å². The first-order chi connectivity index (χ1) is 19.9. The number of hydrogen-bond acceptors (Lipinski definition) is 9. The third kappa shape index (κ3) is 6.83. The van der Waals surface area contributed by atoms with Gasteiger partial charge in [-0.2, -0.15) is 9.78 Å². The first-order valence-corrected chi connectivity index (χ1v) is 13.0. The Bertz CT molecular complexity index is 1620. The SMILES string of the molecule is COC(=O)Nc1ccc(-c2cc([C@H](CC3CNC3)NC(=O)C=Cc3cc(Cl)ccc3-n3cnnn3)n[nH]c2=O)cc1. The van der Waals surface area contributed by atoms with Crippen LogP contribution >= 0.6 is 11.6 Å². The molecule has 0 saturated carbocycles. The quantitative estimate of drug-likeness (QED) is 0.219. The Kier molecular flexibility index (Phi) is 8.46. The zero-order chi connectivity index (χ0) is 28.8. The van der Waals surface area contributed by atoms with Crippen molar-refractivity contribution in [3.05, 3.63) is 87.6 Å². The first-order valence-electron chi connectivity index (χ1n) is 12.7. The molecule has 0 unspecified atom stereocenters. The summed E-state index contributed by atoms with van der Waals surface area (Å²) < 4.78 is 6.08. The number of aromatic nitrogens is 6. The largest absolute Gasteiger partial charge is 0.453 e. The molecule has 210 valence electrons. The van der Waals surface area contributed by atoms with E-state index in [0.717, 1.165) is 13.1 Å². The number of rotatable bonds is 9. The molecule has 4 aromatic rings. The van der Waals surface area contributed by atoms with Crippen LogP contribution in [0.3, 0.4) is 0 Å². The van der Waals surface area contributed by atoms with Crippen LogP contribution < -0.4 is 21.5 Å². The van der Waals surface area contributed by atoms with E-state index in [2.05, 4.69) is 46.4 Å². The van der Waals surface area contributed by atoms with Crippen molar-refractivity contribution in [3.8, 4) is 16.8 Å². The molecule has 2 aromatic heterocycles. The van der Waals surface area contributed by atoms with Crippen LogP contribution in [0.5, 0.6) is 0 Å². The van der Waals surface area contributed by atoms with Gasteiger partial charge in [0.25, 0.3) is 5.56 Å². The lowest BCUT2D eigenvalue weighted by molar-refractivity contribution is -0.117. The van der Waals surface area contributed by atoms with Crippen molar-refractivity contribution >= 4 is 35.4 Å². The number of halogens is 1. The summed E-state index contributed by atoms with van der Waals surface area (Å²) in [5.41, 5.74) is 2.96. The number of ether oxygens (including phenoxy) is 1. The smallest absolute Gasteiger partial charge is 0.411 e. The fourth-order valence-electron chi connectivity index (χ4n) is 4.34. The van der Waals surface area contributed by atoms with Gasteiger partial charge in [0.1, 0.15) is 6.33 Å². The number of amides is 2. The standard InChI is InChI=1S/C27H26ClN9O4/c1-41-27(40)31-20-6-2-17(3-7-20)21-12-23(33-34-26(21)39)22(10-16-13-29-14-16)32-25(38)9-4-18-11-19(28)5-8-24(18)37-15-30-35-36-37/h2-9,11-12,15-16,22,29H,10,13-14H2,1H3,(H,31,40)(H,32,38)(H,34,39)/t22-/m0/s1. The molecule has 14 heteroatoms. The maximum atomic E-state index is 13.1. The number of benzene rings is 2. The lowest BCUT2D eigenvalue weighted by Gasteiger charge is -2.30. The average Bonchev–Trinajstić information content (AvgIpc) is 3.49. The van der Waals surface area contributed by atoms with Gasteiger partial charge in [-0.25, -0.2) is 9.89 Å². The number of aromatic amines is 1. The van der Waals surface area contributed by atoms with Crippen molar-refractivity contribution in [2.45, 2.75) is 12.5 Å². The predicted octanol–water partition coefficient (Wildman–Crippen LogP) is 2.72.